The fraction of sp³-hybridized carbons (Fsp3) is 0.595. The zero-order valence-electron chi connectivity index (χ0n) is 29.3. The predicted molar refractivity (Wildman–Crippen MR) is 188 cm³/mol. The monoisotopic (exact) mass is 653 g/mol. The number of aromatic nitrogens is 3. The Balaban J connectivity index is 1.35. The van der Waals surface area contributed by atoms with E-state index in [9.17, 15) is 10.1 Å². The van der Waals surface area contributed by atoms with E-state index in [1.807, 2.05) is 11.0 Å². The van der Waals surface area contributed by atoms with Crippen LogP contribution in [0.15, 0.2) is 51.7 Å². The molecule has 11 nitrogen and oxygen atoms in total. The standard InChI is InChI=1S/C37H51N9O2/c1-7-33(47)46-25(3)22-45(23-26(46)4)29-19-31(40-32(20-29)44-17-15-43(16-18-44)28-12-8-9-13-28)35-41-36(48-42-35)37(6)14-10-11-24(2)34(37)30(21-38)27(5)39/h7,19-20,25-26,28H,1,8-18,22-23,39H2,2-6H3/b30-27+/t25-,26?,37?/m1/s1. The lowest BCUT2D eigenvalue weighted by Gasteiger charge is -2.45. The summed E-state index contributed by atoms with van der Waals surface area (Å²) in [5.74, 6) is 1.76. The first-order chi connectivity index (χ1) is 23.0. The van der Waals surface area contributed by atoms with E-state index in [0.29, 0.717) is 47.8 Å². The van der Waals surface area contributed by atoms with Crippen molar-refractivity contribution < 1.29 is 9.32 Å². The van der Waals surface area contributed by atoms with Gasteiger partial charge in [-0.2, -0.15) is 10.2 Å². The minimum Gasteiger partial charge on any atom is -0.401 e. The molecule has 256 valence electrons. The van der Waals surface area contributed by atoms with Gasteiger partial charge in [0.15, 0.2) is 0 Å². The molecule has 2 saturated heterocycles. The molecular formula is C37H51N9O2. The van der Waals surface area contributed by atoms with E-state index in [4.69, 9.17) is 20.2 Å². The highest BCUT2D eigenvalue weighted by Crippen LogP contribution is 2.46. The number of anilines is 2. The van der Waals surface area contributed by atoms with Gasteiger partial charge in [0.1, 0.15) is 17.6 Å². The molecule has 48 heavy (non-hydrogen) atoms. The molecule has 2 aromatic heterocycles. The minimum atomic E-state index is -0.644. The van der Waals surface area contributed by atoms with Crippen molar-refractivity contribution in [2.75, 3.05) is 49.1 Å². The van der Waals surface area contributed by atoms with Gasteiger partial charge < -0.3 is 25.0 Å². The number of carbonyl (C=O) groups is 1. The van der Waals surface area contributed by atoms with E-state index in [2.05, 4.69) is 66.3 Å². The Hall–Kier alpha value is -4.17. The molecule has 2 aliphatic carbocycles. The van der Waals surface area contributed by atoms with Crippen LogP contribution in [-0.2, 0) is 10.2 Å². The molecule has 2 aromatic rings. The number of nitrogens with two attached hydrogens (primary N) is 1. The number of pyridine rings is 1. The topological polar surface area (TPSA) is 132 Å². The van der Waals surface area contributed by atoms with Gasteiger partial charge >= 0.3 is 0 Å². The average Bonchev–Trinajstić information content (AvgIpc) is 3.80. The predicted octanol–water partition coefficient (Wildman–Crippen LogP) is 5.32. The molecule has 2 unspecified atom stereocenters. The number of amides is 1. The maximum Gasteiger partial charge on any atom is 0.246 e. The smallest absolute Gasteiger partial charge is 0.246 e. The third kappa shape index (κ3) is 6.35. The van der Waals surface area contributed by atoms with E-state index in [0.717, 1.165) is 68.1 Å². The second-order valence-corrected chi connectivity index (χ2v) is 14.5. The van der Waals surface area contributed by atoms with Gasteiger partial charge in [-0.25, -0.2) is 4.98 Å². The molecule has 0 bridgehead atoms. The van der Waals surface area contributed by atoms with Crippen LogP contribution in [0.5, 0.6) is 0 Å². The molecule has 2 aliphatic heterocycles. The van der Waals surface area contributed by atoms with Crippen LogP contribution in [0.4, 0.5) is 11.5 Å². The van der Waals surface area contributed by atoms with Gasteiger partial charge in [-0.15, -0.1) is 0 Å². The summed E-state index contributed by atoms with van der Waals surface area (Å²) in [7, 11) is 0. The van der Waals surface area contributed by atoms with Crippen LogP contribution in [-0.4, -0.2) is 88.2 Å². The molecule has 3 fully saturated rings. The van der Waals surface area contributed by atoms with Crippen LogP contribution in [0, 0.1) is 11.3 Å². The van der Waals surface area contributed by atoms with E-state index in [-0.39, 0.29) is 18.0 Å². The van der Waals surface area contributed by atoms with Crippen molar-refractivity contribution in [3.8, 4) is 17.6 Å². The Kier molecular flexibility index (Phi) is 9.66. The van der Waals surface area contributed by atoms with E-state index < -0.39 is 5.41 Å². The molecule has 2 N–H and O–H groups in total. The van der Waals surface area contributed by atoms with Gasteiger partial charge in [-0.1, -0.05) is 30.2 Å². The third-order valence-corrected chi connectivity index (χ3v) is 11.1. The van der Waals surface area contributed by atoms with Gasteiger partial charge in [0.2, 0.25) is 17.6 Å². The van der Waals surface area contributed by atoms with Crippen LogP contribution in [0.25, 0.3) is 11.5 Å². The largest absolute Gasteiger partial charge is 0.401 e. The minimum absolute atomic E-state index is 0.0131. The first kappa shape index (κ1) is 33.7. The molecular weight excluding hydrogens is 602 g/mol. The van der Waals surface area contributed by atoms with E-state index in [1.54, 1.807) is 6.92 Å². The Bertz CT molecular complexity index is 1620. The van der Waals surface area contributed by atoms with Gasteiger partial charge in [0, 0.05) is 74.8 Å². The summed E-state index contributed by atoms with van der Waals surface area (Å²) in [6.07, 6.45) is 9.31. The molecule has 0 radical (unpaired) electrons. The highest BCUT2D eigenvalue weighted by atomic mass is 16.5. The second kappa shape index (κ2) is 13.7. The van der Waals surface area contributed by atoms with Gasteiger partial charge in [-0.3, -0.25) is 9.69 Å². The summed E-state index contributed by atoms with van der Waals surface area (Å²) in [5.41, 5.74) is 10.2. The van der Waals surface area contributed by atoms with E-state index in [1.165, 1.54) is 31.8 Å². The third-order valence-electron chi connectivity index (χ3n) is 11.1. The molecule has 4 aliphatic rings. The van der Waals surface area contributed by atoms with Crippen molar-refractivity contribution in [2.24, 2.45) is 5.73 Å². The lowest BCUT2D eigenvalue weighted by atomic mass is 9.68. The number of nitriles is 1. The van der Waals surface area contributed by atoms with Crippen LogP contribution in [0.3, 0.4) is 0 Å². The number of hydrogen-bond acceptors (Lipinski definition) is 10. The Morgan fingerprint density at radius 3 is 2.40 bits per heavy atom. The fourth-order valence-electron chi connectivity index (χ4n) is 8.64. The van der Waals surface area contributed by atoms with Crippen LogP contribution < -0.4 is 15.5 Å². The van der Waals surface area contributed by atoms with Crippen molar-refractivity contribution in [3.63, 3.8) is 0 Å². The number of allylic oxidation sites excluding steroid dienone is 4. The summed E-state index contributed by atoms with van der Waals surface area (Å²) in [6.45, 7) is 19.1. The number of carbonyl (C=O) groups excluding carboxylic acids is 1. The number of hydrogen-bond donors (Lipinski definition) is 1. The zero-order valence-corrected chi connectivity index (χ0v) is 29.3. The zero-order chi connectivity index (χ0) is 34.2. The van der Waals surface area contributed by atoms with Crippen molar-refractivity contribution in [3.05, 3.63) is 53.1 Å². The summed E-state index contributed by atoms with van der Waals surface area (Å²) < 4.78 is 6.05. The average molecular weight is 654 g/mol. The maximum absolute atomic E-state index is 12.7. The van der Waals surface area contributed by atoms with Crippen LogP contribution >= 0.6 is 0 Å². The summed E-state index contributed by atoms with van der Waals surface area (Å²) >= 11 is 0. The molecule has 1 amide bonds. The summed E-state index contributed by atoms with van der Waals surface area (Å²) in [4.78, 5) is 32.1. The Morgan fingerprint density at radius 1 is 1.08 bits per heavy atom. The molecule has 0 aromatic carbocycles. The summed E-state index contributed by atoms with van der Waals surface area (Å²) in [5, 5.41) is 14.6. The number of piperazine rings is 2. The highest BCUT2D eigenvalue weighted by Gasteiger charge is 2.42. The van der Waals surface area contributed by atoms with Crippen LogP contribution in [0.2, 0.25) is 0 Å². The molecule has 11 heteroatoms. The normalized spacial score (nSPS) is 26.5. The lowest BCUT2D eigenvalue weighted by molar-refractivity contribution is -0.130. The summed E-state index contributed by atoms with van der Waals surface area (Å²) in [6, 6.07) is 7.31. The number of nitrogens with zero attached hydrogens (tertiary/aromatic N) is 8. The second-order valence-electron chi connectivity index (χ2n) is 14.5. The van der Waals surface area contributed by atoms with Crippen molar-refractivity contribution in [2.45, 2.75) is 103 Å². The highest BCUT2D eigenvalue weighted by molar-refractivity contribution is 5.87. The molecule has 4 heterocycles. The lowest BCUT2D eigenvalue weighted by Crippen LogP contribution is -2.58. The molecule has 0 spiro atoms. The first-order valence-electron chi connectivity index (χ1n) is 17.7. The SMILES string of the molecule is C=CC(=O)N1C(C)CN(c2cc(-c3noc(C4(C)CCCC(C)=C4/C(C#N)=C(\C)N)n3)nc(N3CCN(C4CCCC4)CC3)c2)C[C@H]1C. The Morgan fingerprint density at radius 2 is 1.77 bits per heavy atom. The maximum atomic E-state index is 12.7. The van der Waals surface area contributed by atoms with Gasteiger partial charge in [0.25, 0.3) is 0 Å². The molecule has 6 rings (SSSR count). The van der Waals surface area contributed by atoms with Crippen molar-refractivity contribution >= 4 is 17.4 Å². The Labute approximate surface area is 285 Å². The van der Waals surface area contributed by atoms with Crippen molar-refractivity contribution in [1.82, 2.24) is 24.9 Å². The van der Waals surface area contributed by atoms with Gasteiger partial charge in [0.05, 0.1) is 11.0 Å². The van der Waals surface area contributed by atoms with E-state index >= 15 is 0 Å². The van der Waals surface area contributed by atoms with Crippen molar-refractivity contribution in [1.29, 1.82) is 5.26 Å². The first-order valence-corrected chi connectivity index (χ1v) is 17.7. The molecule has 1 saturated carbocycles. The van der Waals surface area contributed by atoms with Crippen LogP contribution in [0.1, 0.15) is 85.5 Å². The number of rotatable bonds is 7. The molecule has 3 atom stereocenters. The van der Waals surface area contributed by atoms with Gasteiger partial charge in [-0.05, 0) is 84.4 Å². The quantitative estimate of drug-likeness (QED) is 0.309. The fourth-order valence-corrected chi connectivity index (χ4v) is 8.64.